The third-order valence-electron chi connectivity index (χ3n) is 4.37. The molecule has 6 nitrogen and oxygen atoms in total. The topological polar surface area (TPSA) is 71.1 Å². The number of hydrogen-bond donors (Lipinski definition) is 1. The van der Waals surface area contributed by atoms with Crippen LogP contribution in [-0.2, 0) is 16.1 Å². The smallest absolute Gasteiger partial charge is 0.324 e. The van der Waals surface area contributed by atoms with Gasteiger partial charge in [0.25, 0.3) is 0 Å². The molecule has 1 aliphatic heterocycles. The number of nitrogens with one attached hydrogen (secondary N) is 1. The van der Waals surface area contributed by atoms with Crippen LogP contribution in [-0.4, -0.2) is 45.0 Å². The molecule has 2 aromatic rings. The van der Waals surface area contributed by atoms with E-state index in [-0.39, 0.29) is 24.5 Å². The van der Waals surface area contributed by atoms with E-state index >= 15 is 0 Å². The average molecular weight is 351 g/mol. The molecule has 0 radical (unpaired) electrons. The Morgan fingerprint density at radius 2 is 2.04 bits per heavy atom. The number of pyridine rings is 1. The molecule has 0 saturated carbocycles. The Balaban J connectivity index is 1.65. The summed E-state index contributed by atoms with van der Waals surface area (Å²) in [7, 11) is 0. The van der Waals surface area contributed by atoms with Crippen molar-refractivity contribution in [3.05, 3.63) is 23.1 Å². The number of esters is 1. The zero-order valence-electron chi connectivity index (χ0n) is 14.1. The second-order valence-electron chi connectivity index (χ2n) is 6.58. The minimum Gasteiger partial charge on any atom is -0.456 e. The van der Waals surface area contributed by atoms with E-state index in [0.29, 0.717) is 16.6 Å². The largest absolute Gasteiger partial charge is 0.456 e. The van der Waals surface area contributed by atoms with E-state index in [2.05, 4.69) is 33.7 Å². The molecule has 24 heavy (non-hydrogen) atoms. The van der Waals surface area contributed by atoms with Gasteiger partial charge < -0.3 is 9.72 Å². The van der Waals surface area contributed by atoms with Gasteiger partial charge in [-0.3, -0.25) is 9.69 Å². The van der Waals surface area contributed by atoms with Gasteiger partial charge in [0, 0.05) is 0 Å². The summed E-state index contributed by atoms with van der Waals surface area (Å²) in [5.41, 5.74) is 1.31. The Hall–Kier alpha value is -1.66. The normalized spacial score (nSPS) is 17.3. The number of hydrogen-bond acceptors (Lipinski definition) is 5. The van der Waals surface area contributed by atoms with E-state index < -0.39 is 0 Å². The number of halogens is 1. The lowest BCUT2D eigenvalue weighted by atomic mass is 9.99. The molecule has 2 aromatic heterocycles. The van der Waals surface area contributed by atoms with E-state index in [9.17, 15) is 4.79 Å². The van der Waals surface area contributed by atoms with Gasteiger partial charge in [0.2, 0.25) is 0 Å². The van der Waals surface area contributed by atoms with Crippen molar-refractivity contribution in [2.75, 3.05) is 13.1 Å². The molecular weight excluding hydrogens is 328 g/mol. The number of carbonyl (C=O) groups excluding carboxylic acids is 1. The van der Waals surface area contributed by atoms with Gasteiger partial charge in [-0.25, -0.2) is 9.97 Å². The summed E-state index contributed by atoms with van der Waals surface area (Å²) >= 11 is 5.86. The molecule has 3 rings (SSSR count). The summed E-state index contributed by atoms with van der Waals surface area (Å²) in [6.45, 7) is 6.17. The van der Waals surface area contributed by atoms with Crippen LogP contribution >= 0.6 is 11.6 Å². The Kier molecular flexibility index (Phi) is 5.36. The fourth-order valence-corrected chi connectivity index (χ4v) is 3.40. The number of rotatable bonds is 5. The first-order valence-electron chi connectivity index (χ1n) is 8.46. The highest BCUT2D eigenvalue weighted by Crippen LogP contribution is 2.19. The lowest BCUT2D eigenvalue weighted by molar-refractivity contribution is -0.154. The van der Waals surface area contributed by atoms with E-state index in [4.69, 9.17) is 16.3 Å². The summed E-state index contributed by atoms with van der Waals surface area (Å²) in [6.07, 6.45) is 3.53. The Morgan fingerprint density at radius 3 is 2.75 bits per heavy atom. The van der Waals surface area contributed by atoms with Crippen molar-refractivity contribution in [1.29, 1.82) is 0 Å². The molecule has 3 heterocycles. The Labute approximate surface area is 146 Å². The van der Waals surface area contributed by atoms with Crippen LogP contribution in [0.15, 0.2) is 12.1 Å². The molecule has 0 spiro atoms. The van der Waals surface area contributed by atoms with Crippen LogP contribution in [0.4, 0.5) is 0 Å². The number of aromatic amines is 1. The van der Waals surface area contributed by atoms with Gasteiger partial charge in [0.15, 0.2) is 5.65 Å². The monoisotopic (exact) mass is 350 g/mol. The van der Waals surface area contributed by atoms with Crippen LogP contribution in [0.2, 0.25) is 5.15 Å². The van der Waals surface area contributed by atoms with Gasteiger partial charge in [-0.2, -0.15) is 0 Å². The summed E-state index contributed by atoms with van der Waals surface area (Å²) in [6, 6.07) is 3.32. The van der Waals surface area contributed by atoms with Crippen molar-refractivity contribution in [3.8, 4) is 0 Å². The number of likely N-dealkylation sites (tertiary alicyclic amines) is 1. The van der Waals surface area contributed by atoms with E-state index in [0.717, 1.165) is 31.4 Å². The predicted molar refractivity (Wildman–Crippen MR) is 92.7 cm³/mol. The maximum atomic E-state index is 12.6. The zero-order valence-corrected chi connectivity index (χ0v) is 14.8. The van der Waals surface area contributed by atoms with Gasteiger partial charge in [-0.1, -0.05) is 31.9 Å². The first kappa shape index (κ1) is 17.2. The lowest BCUT2D eigenvalue weighted by Crippen LogP contribution is -2.47. The highest BCUT2D eigenvalue weighted by atomic mass is 35.5. The molecule has 1 N–H and O–H groups in total. The molecule has 1 fully saturated rings. The maximum Gasteiger partial charge on any atom is 0.324 e. The highest BCUT2D eigenvalue weighted by molar-refractivity contribution is 6.29. The van der Waals surface area contributed by atoms with Crippen LogP contribution in [0.1, 0.15) is 38.9 Å². The molecule has 7 heteroatoms. The molecule has 130 valence electrons. The molecule has 0 aromatic carbocycles. The number of H-pyrrole nitrogens is 1. The summed E-state index contributed by atoms with van der Waals surface area (Å²) in [4.78, 5) is 26.4. The summed E-state index contributed by atoms with van der Waals surface area (Å²) in [5.74, 6) is 0.611. The number of nitrogens with zero attached hydrogens (tertiary/aromatic N) is 3. The van der Waals surface area contributed by atoms with E-state index in [1.165, 1.54) is 6.42 Å². The summed E-state index contributed by atoms with van der Waals surface area (Å²) in [5, 5.41) is 0.391. The molecule has 0 aliphatic carbocycles. The summed E-state index contributed by atoms with van der Waals surface area (Å²) < 4.78 is 5.53. The Morgan fingerprint density at radius 1 is 1.29 bits per heavy atom. The first-order valence-corrected chi connectivity index (χ1v) is 8.84. The van der Waals surface area contributed by atoms with Crippen LogP contribution < -0.4 is 0 Å². The van der Waals surface area contributed by atoms with Gasteiger partial charge in [0.1, 0.15) is 23.6 Å². The SMILES string of the molecule is CC(C)[C@@H](C(=O)OCc1nc2nc(Cl)ccc2[nH]1)N1CCCCC1. The third-order valence-corrected chi connectivity index (χ3v) is 4.58. The molecule has 1 atom stereocenters. The molecule has 0 amide bonds. The van der Waals surface area contributed by atoms with Crippen molar-refractivity contribution in [2.24, 2.45) is 5.92 Å². The maximum absolute atomic E-state index is 12.6. The fraction of sp³-hybridized carbons (Fsp3) is 0.588. The minimum atomic E-state index is -0.192. The molecular formula is C17H23ClN4O2. The standard InChI is InChI=1S/C17H23ClN4O2/c1-11(2)15(22-8-4-3-5-9-22)17(23)24-10-14-19-12-6-7-13(18)20-16(12)21-14/h6-7,11,15H,3-5,8-10H2,1-2H3,(H,19,20,21)/t15-/m0/s1. The molecule has 1 saturated heterocycles. The number of ether oxygens (including phenoxy) is 1. The van der Waals surface area contributed by atoms with E-state index in [1.54, 1.807) is 6.07 Å². The van der Waals surface area contributed by atoms with Crippen molar-refractivity contribution in [3.63, 3.8) is 0 Å². The van der Waals surface area contributed by atoms with Crippen LogP contribution in [0.25, 0.3) is 11.2 Å². The van der Waals surface area contributed by atoms with Gasteiger partial charge in [-0.05, 0) is 44.0 Å². The number of aromatic nitrogens is 3. The quantitative estimate of drug-likeness (QED) is 0.662. The Bertz CT molecular complexity index is 710. The number of imidazole rings is 1. The van der Waals surface area contributed by atoms with Crippen molar-refractivity contribution in [1.82, 2.24) is 19.9 Å². The van der Waals surface area contributed by atoms with E-state index in [1.807, 2.05) is 6.07 Å². The average Bonchev–Trinajstić information content (AvgIpc) is 2.95. The third kappa shape index (κ3) is 3.87. The molecule has 0 unspecified atom stereocenters. The zero-order chi connectivity index (χ0) is 17.1. The van der Waals surface area contributed by atoms with Crippen molar-refractivity contribution < 1.29 is 9.53 Å². The number of carbonyl (C=O) groups is 1. The second-order valence-corrected chi connectivity index (χ2v) is 6.97. The molecule has 0 bridgehead atoms. The number of piperidine rings is 1. The van der Waals surface area contributed by atoms with Gasteiger partial charge in [0.05, 0.1) is 5.52 Å². The fourth-order valence-electron chi connectivity index (χ4n) is 3.25. The van der Waals surface area contributed by atoms with Crippen molar-refractivity contribution >= 4 is 28.7 Å². The van der Waals surface area contributed by atoms with Crippen LogP contribution in [0.3, 0.4) is 0 Å². The predicted octanol–water partition coefficient (Wildman–Crippen LogP) is 3.17. The lowest BCUT2D eigenvalue weighted by Gasteiger charge is -2.35. The van der Waals surface area contributed by atoms with Crippen LogP contribution in [0, 0.1) is 5.92 Å². The highest BCUT2D eigenvalue weighted by Gasteiger charge is 2.31. The van der Waals surface area contributed by atoms with Gasteiger partial charge >= 0.3 is 5.97 Å². The van der Waals surface area contributed by atoms with Crippen LogP contribution in [0.5, 0.6) is 0 Å². The van der Waals surface area contributed by atoms with Crippen molar-refractivity contribution in [2.45, 2.75) is 45.8 Å². The van der Waals surface area contributed by atoms with Gasteiger partial charge in [-0.15, -0.1) is 0 Å². The minimum absolute atomic E-state index is 0.115. The molecule has 1 aliphatic rings. The number of fused-ring (bicyclic) bond motifs is 1. The second kappa shape index (κ2) is 7.49. The first-order chi connectivity index (χ1) is 11.5.